The van der Waals surface area contributed by atoms with Gasteiger partial charge in [0.25, 0.3) is 11.8 Å². The molecule has 1 aromatic heterocycles. The van der Waals surface area contributed by atoms with Crippen LogP contribution in [0.25, 0.3) is 10.8 Å². The fourth-order valence-corrected chi connectivity index (χ4v) is 3.01. The van der Waals surface area contributed by atoms with Gasteiger partial charge in [-0.3, -0.25) is 25.4 Å². The summed E-state index contributed by atoms with van der Waals surface area (Å²) in [5.41, 5.74) is 5.15. The van der Waals surface area contributed by atoms with Crippen molar-refractivity contribution in [3.8, 4) is 17.2 Å². The minimum atomic E-state index is -0.799. The van der Waals surface area contributed by atoms with Crippen molar-refractivity contribution in [3.63, 3.8) is 0 Å². The van der Waals surface area contributed by atoms with E-state index in [0.29, 0.717) is 22.8 Å². The van der Waals surface area contributed by atoms with Crippen molar-refractivity contribution in [3.05, 3.63) is 96.8 Å². The Kier molecular flexibility index (Phi) is 6.27. The molecule has 2 amide bonds. The largest absolute Gasteiger partial charge is 0.481 e. The highest BCUT2D eigenvalue weighted by atomic mass is 16.5. The van der Waals surface area contributed by atoms with Gasteiger partial charge < -0.3 is 9.47 Å². The summed E-state index contributed by atoms with van der Waals surface area (Å²) < 4.78 is 11.4. The van der Waals surface area contributed by atoms with E-state index in [4.69, 9.17) is 9.47 Å². The Morgan fingerprint density at radius 1 is 0.812 bits per heavy atom. The number of carbonyl (C=O) groups is 2. The topological polar surface area (TPSA) is 89.6 Å². The van der Waals surface area contributed by atoms with Gasteiger partial charge in [0.2, 0.25) is 0 Å². The molecular weight excluding hydrogens is 406 g/mol. The number of fused-ring (bicyclic) bond motifs is 1. The maximum atomic E-state index is 12.3. The van der Waals surface area contributed by atoms with Gasteiger partial charge in [-0.25, -0.2) is 0 Å². The first-order valence-corrected chi connectivity index (χ1v) is 10.0. The first-order valence-electron chi connectivity index (χ1n) is 10.0. The van der Waals surface area contributed by atoms with Crippen LogP contribution in [0.1, 0.15) is 17.3 Å². The van der Waals surface area contributed by atoms with Gasteiger partial charge in [0.15, 0.2) is 6.10 Å². The number of rotatable bonds is 6. The lowest BCUT2D eigenvalue weighted by molar-refractivity contribution is -0.128. The second-order valence-electron chi connectivity index (χ2n) is 7.03. The first-order chi connectivity index (χ1) is 15.6. The van der Waals surface area contributed by atoms with E-state index in [1.807, 2.05) is 36.4 Å². The summed E-state index contributed by atoms with van der Waals surface area (Å²) in [5, 5.41) is 2.10. The molecule has 0 radical (unpaired) electrons. The van der Waals surface area contributed by atoms with E-state index >= 15 is 0 Å². The van der Waals surface area contributed by atoms with Crippen LogP contribution in [-0.2, 0) is 4.79 Å². The van der Waals surface area contributed by atoms with Crippen molar-refractivity contribution >= 4 is 22.6 Å². The second-order valence-corrected chi connectivity index (χ2v) is 7.03. The summed E-state index contributed by atoms with van der Waals surface area (Å²) >= 11 is 0. The van der Waals surface area contributed by atoms with Crippen molar-refractivity contribution in [2.75, 3.05) is 0 Å². The van der Waals surface area contributed by atoms with Crippen molar-refractivity contribution < 1.29 is 19.1 Å². The molecule has 0 saturated heterocycles. The van der Waals surface area contributed by atoms with Crippen molar-refractivity contribution in [2.45, 2.75) is 13.0 Å². The Morgan fingerprint density at radius 3 is 2.31 bits per heavy atom. The predicted molar refractivity (Wildman–Crippen MR) is 120 cm³/mol. The van der Waals surface area contributed by atoms with E-state index in [9.17, 15) is 9.59 Å². The molecule has 7 heteroatoms. The Balaban J connectivity index is 1.29. The van der Waals surface area contributed by atoms with Crippen LogP contribution >= 0.6 is 0 Å². The number of pyridine rings is 1. The van der Waals surface area contributed by atoms with Gasteiger partial charge in [-0.1, -0.05) is 30.3 Å². The van der Waals surface area contributed by atoms with E-state index in [0.717, 1.165) is 10.8 Å². The molecule has 0 bridgehead atoms. The van der Waals surface area contributed by atoms with Gasteiger partial charge in [0.05, 0.1) is 6.20 Å². The molecule has 3 aromatic carbocycles. The summed E-state index contributed by atoms with van der Waals surface area (Å²) in [4.78, 5) is 28.6. The normalized spacial score (nSPS) is 11.4. The fourth-order valence-electron chi connectivity index (χ4n) is 3.01. The highest BCUT2D eigenvalue weighted by Crippen LogP contribution is 2.22. The molecule has 4 rings (SSSR count). The number of hydrogen-bond donors (Lipinski definition) is 2. The monoisotopic (exact) mass is 427 g/mol. The quantitative estimate of drug-likeness (QED) is 0.449. The zero-order chi connectivity index (χ0) is 22.3. The minimum absolute atomic E-state index is 0.368. The predicted octanol–water partition coefficient (Wildman–Crippen LogP) is 4.26. The number of hydrogen-bond acceptors (Lipinski definition) is 5. The summed E-state index contributed by atoms with van der Waals surface area (Å²) in [6.45, 7) is 1.61. The first kappa shape index (κ1) is 20.9. The molecule has 1 atom stereocenters. The highest BCUT2D eigenvalue weighted by molar-refractivity contribution is 5.95. The third-order valence-electron chi connectivity index (χ3n) is 4.69. The van der Waals surface area contributed by atoms with E-state index < -0.39 is 17.9 Å². The molecule has 2 N–H and O–H groups in total. The summed E-state index contributed by atoms with van der Waals surface area (Å²) in [5.74, 6) is 0.808. The van der Waals surface area contributed by atoms with E-state index in [1.165, 1.54) is 0 Å². The molecule has 0 aliphatic heterocycles. The Bertz CT molecular complexity index is 1230. The van der Waals surface area contributed by atoms with E-state index in [-0.39, 0.29) is 0 Å². The number of amides is 2. The van der Waals surface area contributed by atoms with Gasteiger partial charge in [-0.15, -0.1) is 0 Å². The molecule has 4 aromatic rings. The number of hydrazine groups is 1. The number of nitrogens with one attached hydrogen (secondary N) is 2. The lowest BCUT2D eigenvalue weighted by Gasteiger charge is -2.15. The molecule has 0 fully saturated rings. The van der Waals surface area contributed by atoms with Gasteiger partial charge >= 0.3 is 0 Å². The molecular formula is C25H21N3O4. The molecule has 0 aliphatic rings. The van der Waals surface area contributed by atoms with Crippen LogP contribution < -0.4 is 20.3 Å². The van der Waals surface area contributed by atoms with Crippen LogP contribution in [0.2, 0.25) is 0 Å². The van der Waals surface area contributed by atoms with Crippen LogP contribution in [0.3, 0.4) is 0 Å². The van der Waals surface area contributed by atoms with Gasteiger partial charge in [-0.05, 0) is 66.2 Å². The second kappa shape index (κ2) is 9.61. The fraction of sp³-hybridized carbons (Fsp3) is 0.0800. The van der Waals surface area contributed by atoms with Crippen molar-refractivity contribution in [1.29, 1.82) is 0 Å². The molecule has 7 nitrogen and oxygen atoms in total. The van der Waals surface area contributed by atoms with Crippen LogP contribution in [0.15, 0.2) is 91.3 Å². The smallest absolute Gasteiger partial charge is 0.279 e. The Hall–Kier alpha value is -4.39. The Labute approximate surface area is 185 Å². The van der Waals surface area contributed by atoms with Gasteiger partial charge in [0, 0.05) is 11.8 Å². The lowest BCUT2D eigenvalue weighted by Crippen LogP contribution is -2.47. The average Bonchev–Trinajstić information content (AvgIpc) is 2.83. The minimum Gasteiger partial charge on any atom is -0.481 e. The average molecular weight is 427 g/mol. The summed E-state index contributed by atoms with van der Waals surface area (Å²) in [7, 11) is 0. The molecule has 1 unspecified atom stereocenters. The number of aromatic nitrogens is 1. The van der Waals surface area contributed by atoms with Crippen LogP contribution in [0, 0.1) is 0 Å². The third-order valence-corrected chi connectivity index (χ3v) is 4.69. The summed E-state index contributed by atoms with van der Waals surface area (Å²) in [6.07, 6.45) is 2.45. The highest BCUT2D eigenvalue weighted by Gasteiger charge is 2.16. The maximum Gasteiger partial charge on any atom is 0.279 e. The summed E-state index contributed by atoms with van der Waals surface area (Å²) in [6, 6.07) is 23.6. The lowest BCUT2D eigenvalue weighted by atomic mass is 10.1. The van der Waals surface area contributed by atoms with Gasteiger partial charge in [0.1, 0.15) is 17.2 Å². The van der Waals surface area contributed by atoms with Gasteiger partial charge in [-0.2, -0.15) is 0 Å². The number of benzene rings is 3. The van der Waals surface area contributed by atoms with Crippen molar-refractivity contribution in [2.24, 2.45) is 0 Å². The number of carbonyl (C=O) groups excluding carboxylic acids is 2. The van der Waals surface area contributed by atoms with E-state index in [2.05, 4.69) is 15.8 Å². The van der Waals surface area contributed by atoms with Crippen molar-refractivity contribution in [1.82, 2.24) is 15.8 Å². The molecule has 32 heavy (non-hydrogen) atoms. The van der Waals surface area contributed by atoms with Crippen LogP contribution in [-0.4, -0.2) is 22.9 Å². The zero-order valence-electron chi connectivity index (χ0n) is 17.3. The Morgan fingerprint density at radius 2 is 1.56 bits per heavy atom. The third kappa shape index (κ3) is 5.20. The van der Waals surface area contributed by atoms with Crippen LogP contribution in [0.5, 0.6) is 17.2 Å². The SMILES string of the molecule is CC(Oc1ccc2ccccc2c1)C(=O)NNC(=O)c1ccc(Oc2cccnc2)cc1. The molecule has 0 spiro atoms. The number of ether oxygens (including phenoxy) is 2. The van der Waals surface area contributed by atoms with E-state index in [1.54, 1.807) is 61.8 Å². The number of nitrogens with zero attached hydrogens (tertiary/aromatic N) is 1. The standard InChI is InChI=1S/C25H21N3O4/c1-17(31-22-13-8-18-5-2-3-6-20(18)15-22)24(29)27-28-25(30)19-9-11-21(12-10-19)32-23-7-4-14-26-16-23/h2-17H,1H3,(H,27,29)(H,28,30). The van der Waals surface area contributed by atoms with Crippen LogP contribution in [0.4, 0.5) is 0 Å². The molecule has 160 valence electrons. The maximum absolute atomic E-state index is 12.3. The molecule has 1 heterocycles. The molecule has 0 saturated carbocycles. The molecule has 0 aliphatic carbocycles. The zero-order valence-corrected chi connectivity index (χ0v) is 17.3.